The lowest BCUT2D eigenvalue weighted by Gasteiger charge is -2.32. The van der Waals surface area contributed by atoms with Crippen LogP contribution < -0.4 is 0 Å². The minimum atomic E-state index is 0.666. The normalized spacial score (nSPS) is 20.5. The Morgan fingerprint density at radius 3 is 3.11 bits per heavy atom. The minimum Gasteiger partial charge on any atom is -0.297 e. The average Bonchev–Trinajstić information content (AvgIpc) is 2.93. The Labute approximate surface area is 113 Å². The minimum absolute atomic E-state index is 0.666. The Hall–Kier alpha value is -1.75. The van der Waals surface area contributed by atoms with E-state index < -0.39 is 0 Å². The van der Waals surface area contributed by atoms with Crippen LogP contribution in [-0.2, 0) is 13.1 Å². The zero-order chi connectivity index (χ0) is 12.9. The van der Waals surface area contributed by atoms with Gasteiger partial charge in [-0.3, -0.25) is 14.6 Å². The van der Waals surface area contributed by atoms with Crippen LogP contribution in [0.3, 0.4) is 0 Å². The third kappa shape index (κ3) is 3.38. The summed E-state index contributed by atoms with van der Waals surface area (Å²) in [4.78, 5) is 10.9. The van der Waals surface area contributed by atoms with Gasteiger partial charge in [-0.05, 0) is 37.4 Å². The van der Waals surface area contributed by atoms with Crippen LogP contribution in [0.25, 0.3) is 0 Å². The Balaban J connectivity index is 1.56. The predicted molar refractivity (Wildman–Crippen MR) is 72.3 cm³/mol. The molecule has 0 saturated carbocycles. The highest BCUT2D eigenvalue weighted by Gasteiger charge is 2.20. The maximum atomic E-state index is 4.40. The van der Waals surface area contributed by atoms with Gasteiger partial charge in [0.05, 0.1) is 5.69 Å². The first-order chi connectivity index (χ1) is 9.40. The molecule has 5 heteroatoms. The molecule has 1 fully saturated rings. The van der Waals surface area contributed by atoms with E-state index in [-0.39, 0.29) is 0 Å². The number of rotatable bonds is 4. The van der Waals surface area contributed by atoms with Crippen molar-refractivity contribution in [3.63, 3.8) is 0 Å². The molecule has 0 aliphatic carbocycles. The van der Waals surface area contributed by atoms with Gasteiger partial charge >= 0.3 is 0 Å². The van der Waals surface area contributed by atoms with Crippen molar-refractivity contribution in [2.75, 3.05) is 13.1 Å². The van der Waals surface area contributed by atoms with Crippen LogP contribution >= 0.6 is 0 Å². The highest BCUT2D eigenvalue weighted by molar-refractivity contribution is 5.03. The number of piperidine rings is 1. The molecular weight excluding hydrogens is 238 g/mol. The molecular formula is C14H19N5. The molecule has 0 spiro atoms. The molecule has 100 valence electrons. The maximum absolute atomic E-state index is 4.40. The molecule has 1 unspecified atom stereocenters. The largest absolute Gasteiger partial charge is 0.297 e. The highest BCUT2D eigenvalue weighted by Crippen LogP contribution is 2.19. The van der Waals surface area contributed by atoms with Crippen molar-refractivity contribution in [1.29, 1.82) is 0 Å². The van der Waals surface area contributed by atoms with E-state index >= 15 is 0 Å². The van der Waals surface area contributed by atoms with E-state index in [0.29, 0.717) is 5.92 Å². The molecule has 1 saturated heterocycles. The van der Waals surface area contributed by atoms with E-state index in [0.717, 1.165) is 25.3 Å². The molecule has 1 atom stereocenters. The fourth-order valence-electron chi connectivity index (χ4n) is 2.76. The second-order valence-electron chi connectivity index (χ2n) is 5.18. The monoisotopic (exact) mass is 257 g/mol. The van der Waals surface area contributed by atoms with Crippen molar-refractivity contribution >= 4 is 0 Å². The molecule has 3 rings (SSSR count). The molecule has 0 amide bonds. The summed E-state index contributed by atoms with van der Waals surface area (Å²) in [6.45, 7) is 4.22. The van der Waals surface area contributed by atoms with Gasteiger partial charge < -0.3 is 0 Å². The van der Waals surface area contributed by atoms with Crippen LogP contribution in [0.2, 0.25) is 0 Å². The summed E-state index contributed by atoms with van der Waals surface area (Å²) < 4.78 is 1.94. The van der Waals surface area contributed by atoms with Gasteiger partial charge in [0.2, 0.25) is 0 Å². The summed E-state index contributed by atoms with van der Waals surface area (Å²) in [6, 6.07) is 6.12. The van der Waals surface area contributed by atoms with E-state index in [2.05, 4.69) is 32.1 Å². The maximum Gasteiger partial charge on any atom is 0.137 e. The Morgan fingerprint density at radius 2 is 2.32 bits per heavy atom. The second kappa shape index (κ2) is 5.93. The number of hydrogen-bond acceptors (Lipinski definition) is 4. The first-order valence-electron chi connectivity index (χ1n) is 6.85. The van der Waals surface area contributed by atoms with Gasteiger partial charge in [-0.15, -0.1) is 0 Å². The van der Waals surface area contributed by atoms with Crippen molar-refractivity contribution in [1.82, 2.24) is 24.6 Å². The fourth-order valence-corrected chi connectivity index (χ4v) is 2.76. The van der Waals surface area contributed by atoms with Gasteiger partial charge in [0.15, 0.2) is 0 Å². The molecule has 3 heterocycles. The van der Waals surface area contributed by atoms with E-state index in [4.69, 9.17) is 0 Å². The standard InChI is InChI=1S/C14H19N5/c1-2-6-16-14(5-1)10-18-7-3-4-13(8-18)9-19-12-15-11-17-19/h1-2,5-6,11-13H,3-4,7-10H2. The highest BCUT2D eigenvalue weighted by atomic mass is 15.3. The first kappa shape index (κ1) is 12.3. The molecule has 0 aromatic carbocycles. The molecule has 0 bridgehead atoms. The Kier molecular flexibility index (Phi) is 3.83. The number of nitrogens with zero attached hydrogens (tertiary/aromatic N) is 5. The van der Waals surface area contributed by atoms with Crippen molar-refractivity contribution < 1.29 is 0 Å². The van der Waals surface area contributed by atoms with Gasteiger partial charge in [0.25, 0.3) is 0 Å². The van der Waals surface area contributed by atoms with Crippen LogP contribution in [0.4, 0.5) is 0 Å². The summed E-state index contributed by atoms with van der Waals surface area (Å²) in [6.07, 6.45) is 7.81. The molecule has 19 heavy (non-hydrogen) atoms. The molecule has 5 nitrogen and oxygen atoms in total. The van der Waals surface area contributed by atoms with Gasteiger partial charge in [0.1, 0.15) is 12.7 Å². The summed E-state index contributed by atoms with van der Waals surface area (Å²) in [5, 5.41) is 4.19. The Morgan fingerprint density at radius 1 is 1.32 bits per heavy atom. The van der Waals surface area contributed by atoms with Gasteiger partial charge in [-0.2, -0.15) is 5.10 Å². The van der Waals surface area contributed by atoms with E-state index in [1.54, 1.807) is 12.7 Å². The summed E-state index contributed by atoms with van der Waals surface area (Å²) >= 11 is 0. The summed E-state index contributed by atoms with van der Waals surface area (Å²) in [7, 11) is 0. The van der Waals surface area contributed by atoms with Crippen molar-refractivity contribution in [3.8, 4) is 0 Å². The topological polar surface area (TPSA) is 46.8 Å². The average molecular weight is 257 g/mol. The first-order valence-corrected chi connectivity index (χ1v) is 6.85. The third-order valence-electron chi connectivity index (χ3n) is 3.63. The molecule has 2 aromatic heterocycles. The predicted octanol–water partition coefficient (Wildman–Crippen LogP) is 1.59. The number of likely N-dealkylation sites (tertiary alicyclic amines) is 1. The smallest absolute Gasteiger partial charge is 0.137 e. The lowest BCUT2D eigenvalue weighted by Crippen LogP contribution is -2.36. The van der Waals surface area contributed by atoms with Gasteiger partial charge in [-0.1, -0.05) is 6.07 Å². The molecule has 1 aliphatic heterocycles. The van der Waals surface area contributed by atoms with Gasteiger partial charge in [-0.25, -0.2) is 4.98 Å². The lowest BCUT2D eigenvalue weighted by molar-refractivity contribution is 0.152. The Bertz CT molecular complexity index is 482. The van der Waals surface area contributed by atoms with Crippen LogP contribution in [-0.4, -0.2) is 37.7 Å². The van der Waals surface area contributed by atoms with E-state index in [1.165, 1.54) is 19.4 Å². The number of aromatic nitrogens is 4. The zero-order valence-corrected chi connectivity index (χ0v) is 11.0. The van der Waals surface area contributed by atoms with Crippen molar-refractivity contribution in [3.05, 3.63) is 42.7 Å². The summed E-state index contributed by atoms with van der Waals surface area (Å²) in [5.41, 5.74) is 1.16. The van der Waals surface area contributed by atoms with Gasteiger partial charge in [0, 0.05) is 25.8 Å². The van der Waals surface area contributed by atoms with Crippen molar-refractivity contribution in [2.24, 2.45) is 5.92 Å². The fraction of sp³-hybridized carbons (Fsp3) is 0.500. The zero-order valence-electron chi connectivity index (χ0n) is 11.0. The van der Waals surface area contributed by atoms with Crippen molar-refractivity contribution in [2.45, 2.75) is 25.9 Å². The quantitative estimate of drug-likeness (QED) is 0.834. The lowest BCUT2D eigenvalue weighted by atomic mass is 9.98. The van der Waals surface area contributed by atoms with Crippen LogP contribution in [0.15, 0.2) is 37.1 Å². The number of pyridine rings is 1. The van der Waals surface area contributed by atoms with Crippen LogP contribution in [0.5, 0.6) is 0 Å². The SMILES string of the molecule is c1ccc(CN2CCCC(Cn3cncn3)C2)nc1. The van der Waals surface area contributed by atoms with E-state index in [1.807, 2.05) is 16.9 Å². The second-order valence-corrected chi connectivity index (χ2v) is 5.18. The third-order valence-corrected chi connectivity index (χ3v) is 3.63. The number of hydrogen-bond donors (Lipinski definition) is 0. The molecule has 1 aliphatic rings. The molecule has 2 aromatic rings. The molecule has 0 N–H and O–H groups in total. The van der Waals surface area contributed by atoms with E-state index in [9.17, 15) is 0 Å². The van der Waals surface area contributed by atoms with Crippen LogP contribution in [0, 0.1) is 5.92 Å². The summed E-state index contributed by atoms with van der Waals surface area (Å²) in [5.74, 6) is 0.666. The van der Waals surface area contributed by atoms with Crippen LogP contribution in [0.1, 0.15) is 18.5 Å². The molecule has 0 radical (unpaired) electrons.